The molecule has 0 amide bonds. The molecule has 1 heterocycles. The SMILES string of the molecule is N=C(N)C1CCCN(Cc2cc(F)ccc2F)C1. The highest BCUT2D eigenvalue weighted by Gasteiger charge is 2.22. The molecule has 2 rings (SSSR count). The summed E-state index contributed by atoms with van der Waals surface area (Å²) in [7, 11) is 0. The fourth-order valence-corrected chi connectivity index (χ4v) is 2.36. The average Bonchev–Trinajstić information content (AvgIpc) is 2.34. The number of nitrogens with one attached hydrogen (secondary N) is 1. The molecule has 98 valence electrons. The smallest absolute Gasteiger partial charge is 0.127 e. The third-order valence-electron chi connectivity index (χ3n) is 3.35. The molecule has 1 saturated heterocycles. The molecule has 18 heavy (non-hydrogen) atoms. The Labute approximate surface area is 105 Å². The summed E-state index contributed by atoms with van der Waals surface area (Å²) in [4.78, 5) is 2.02. The number of nitrogens with zero attached hydrogens (tertiary/aromatic N) is 1. The van der Waals surface area contributed by atoms with E-state index in [4.69, 9.17) is 11.1 Å². The van der Waals surface area contributed by atoms with Gasteiger partial charge in [-0.15, -0.1) is 0 Å². The van der Waals surface area contributed by atoms with Gasteiger partial charge in [0, 0.05) is 24.6 Å². The van der Waals surface area contributed by atoms with Crippen molar-refractivity contribution in [3.8, 4) is 0 Å². The molecular formula is C13H17F2N3. The van der Waals surface area contributed by atoms with Gasteiger partial charge in [-0.05, 0) is 37.6 Å². The molecule has 3 nitrogen and oxygen atoms in total. The second-order valence-corrected chi connectivity index (χ2v) is 4.77. The quantitative estimate of drug-likeness (QED) is 0.640. The molecule has 1 unspecified atom stereocenters. The monoisotopic (exact) mass is 253 g/mol. The van der Waals surface area contributed by atoms with E-state index in [2.05, 4.69) is 0 Å². The normalized spacial score (nSPS) is 20.9. The van der Waals surface area contributed by atoms with E-state index >= 15 is 0 Å². The van der Waals surface area contributed by atoms with Gasteiger partial charge in [-0.1, -0.05) is 0 Å². The van der Waals surface area contributed by atoms with Gasteiger partial charge >= 0.3 is 0 Å². The third-order valence-corrected chi connectivity index (χ3v) is 3.35. The number of halogens is 2. The lowest BCUT2D eigenvalue weighted by atomic mass is 9.96. The van der Waals surface area contributed by atoms with Gasteiger partial charge in [0.05, 0.1) is 5.84 Å². The van der Waals surface area contributed by atoms with Crippen molar-refractivity contribution in [2.45, 2.75) is 19.4 Å². The Kier molecular flexibility index (Phi) is 3.91. The maximum Gasteiger partial charge on any atom is 0.127 e. The fourth-order valence-electron chi connectivity index (χ4n) is 2.36. The highest BCUT2D eigenvalue weighted by Crippen LogP contribution is 2.20. The van der Waals surface area contributed by atoms with Crippen LogP contribution in [0.3, 0.4) is 0 Å². The van der Waals surface area contributed by atoms with Crippen molar-refractivity contribution in [1.29, 1.82) is 5.41 Å². The molecule has 1 aliphatic rings. The van der Waals surface area contributed by atoms with E-state index in [1.807, 2.05) is 4.90 Å². The van der Waals surface area contributed by atoms with Crippen molar-refractivity contribution >= 4 is 5.84 Å². The van der Waals surface area contributed by atoms with Crippen LogP contribution in [0.4, 0.5) is 8.78 Å². The van der Waals surface area contributed by atoms with Crippen LogP contribution in [0.2, 0.25) is 0 Å². The minimum Gasteiger partial charge on any atom is -0.387 e. The van der Waals surface area contributed by atoms with Crippen LogP contribution in [-0.2, 0) is 6.54 Å². The number of piperidine rings is 1. The largest absolute Gasteiger partial charge is 0.387 e. The van der Waals surface area contributed by atoms with Gasteiger partial charge in [-0.3, -0.25) is 10.3 Å². The average molecular weight is 253 g/mol. The topological polar surface area (TPSA) is 53.1 Å². The van der Waals surface area contributed by atoms with E-state index < -0.39 is 5.82 Å². The molecule has 1 aromatic carbocycles. The van der Waals surface area contributed by atoms with Gasteiger partial charge in [0.15, 0.2) is 0 Å². The highest BCUT2D eigenvalue weighted by atomic mass is 19.1. The molecule has 1 fully saturated rings. The molecule has 1 aromatic rings. The number of nitrogens with two attached hydrogens (primary N) is 1. The Bertz CT molecular complexity index is 448. The zero-order chi connectivity index (χ0) is 13.1. The van der Waals surface area contributed by atoms with Crippen molar-refractivity contribution in [3.05, 3.63) is 35.4 Å². The van der Waals surface area contributed by atoms with E-state index in [1.54, 1.807) is 0 Å². The molecule has 1 atom stereocenters. The molecule has 3 N–H and O–H groups in total. The van der Waals surface area contributed by atoms with Gasteiger partial charge in [0.2, 0.25) is 0 Å². The van der Waals surface area contributed by atoms with Crippen LogP contribution in [0, 0.1) is 23.0 Å². The van der Waals surface area contributed by atoms with Crippen molar-refractivity contribution in [2.24, 2.45) is 11.7 Å². The summed E-state index contributed by atoms with van der Waals surface area (Å²) in [5.41, 5.74) is 5.86. The summed E-state index contributed by atoms with van der Waals surface area (Å²) in [6.07, 6.45) is 1.83. The Morgan fingerprint density at radius 2 is 2.22 bits per heavy atom. The highest BCUT2D eigenvalue weighted by molar-refractivity contribution is 5.79. The maximum atomic E-state index is 13.5. The zero-order valence-electron chi connectivity index (χ0n) is 10.1. The molecule has 0 aliphatic carbocycles. The zero-order valence-corrected chi connectivity index (χ0v) is 10.1. The van der Waals surface area contributed by atoms with Crippen LogP contribution in [-0.4, -0.2) is 23.8 Å². The number of hydrogen-bond acceptors (Lipinski definition) is 2. The molecule has 0 radical (unpaired) electrons. The van der Waals surface area contributed by atoms with Crippen molar-refractivity contribution in [1.82, 2.24) is 4.90 Å². The lowest BCUT2D eigenvalue weighted by molar-refractivity contribution is 0.193. The minimum atomic E-state index is -0.425. The Hall–Kier alpha value is -1.49. The van der Waals surface area contributed by atoms with Crippen molar-refractivity contribution < 1.29 is 8.78 Å². The van der Waals surface area contributed by atoms with E-state index in [9.17, 15) is 8.78 Å². The minimum absolute atomic E-state index is 0.0374. The van der Waals surface area contributed by atoms with Gasteiger partial charge < -0.3 is 5.73 Å². The number of likely N-dealkylation sites (tertiary alicyclic amines) is 1. The van der Waals surface area contributed by atoms with Gasteiger partial charge in [0.25, 0.3) is 0 Å². The first-order valence-electron chi connectivity index (χ1n) is 6.06. The second kappa shape index (κ2) is 5.44. The number of hydrogen-bond donors (Lipinski definition) is 2. The van der Waals surface area contributed by atoms with Gasteiger partial charge in [-0.25, -0.2) is 8.78 Å². The van der Waals surface area contributed by atoms with Crippen molar-refractivity contribution in [2.75, 3.05) is 13.1 Å². The number of amidine groups is 1. The van der Waals surface area contributed by atoms with Gasteiger partial charge in [0.1, 0.15) is 11.6 Å². The predicted octanol–water partition coefficient (Wildman–Crippen LogP) is 2.11. The maximum absolute atomic E-state index is 13.5. The summed E-state index contributed by atoms with van der Waals surface area (Å²) in [5.74, 6) is -0.595. The molecular weight excluding hydrogens is 236 g/mol. The van der Waals surface area contributed by atoms with Crippen LogP contribution >= 0.6 is 0 Å². The first-order chi connectivity index (χ1) is 8.56. The van der Waals surface area contributed by atoms with E-state index in [1.165, 1.54) is 6.07 Å². The van der Waals surface area contributed by atoms with Crippen LogP contribution in [0.5, 0.6) is 0 Å². The summed E-state index contributed by atoms with van der Waals surface area (Å²) in [6.45, 7) is 1.85. The van der Waals surface area contributed by atoms with Gasteiger partial charge in [-0.2, -0.15) is 0 Å². The van der Waals surface area contributed by atoms with Crippen LogP contribution in [0.25, 0.3) is 0 Å². The lowest BCUT2D eigenvalue weighted by Crippen LogP contribution is -2.40. The molecule has 1 aliphatic heterocycles. The Morgan fingerprint density at radius 3 is 2.94 bits per heavy atom. The van der Waals surface area contributed by atoms with E-state index in [-0.39, 0.29) is 17.6 Å². The Morgan fingerprint density at radius 1 is 1.44 bits per heavy atom. The molecule has 0 saturated carbocycles. The van der Waals surface area contributed by atoms with Crippen LogP contribution < -0.4 is 5.73 Å². The molecule has 0 bridgehead atoms. The third kappa shape index (κ3) is 3.04. The second-order valence-electron chi connectivity index (χ2n) is 4.77. The Balaban J connectivity index is 2.04. The number of rotatable bonds is 3. The molecule has 0 spiro atoms. The summed E-state index contributed by atoms with van der Waals surface area (Å²) >= 11 is 0. The van der Waals surface area contributed by atoms with E-state index in [0.717, 1.165) is 31.5 Å². The van der Waals surface area contributed by atoms with E-state index in [0.29, 0.717) is 18.7 Å². The standard InChI is InChI=1S/C13H17F2N3/c14-11-3-4-12(15)10(6-11)8-18-5-1-2-9(7-18)13(16)17/h3-4,6,9H,1-2,5,7-8H2,(H3,16,17). The lowest BCUT2D eigenvalue weighted by Gasteiger charge is -2.32. The molecule has 0 aromatic heterocycles. The first-order valence-corrected chi connectivity index (χ1v) is 6.06. The van der Waals surface area contributed by atoms with Crippen LogP contribution in [0.15, 0.2) is 18.2 Å². The summed E-state index contributed by atoms with van der Waals surface area (Å²) in [5, 5.41) is 7.45. The van der Waals surface area contributed by atoms with Crippen LogP contribution in [0.1, 0.15) is 18.4 Å². The number of benzene rings is 1. The predicted molar refractivity (Wildman–Crippen MR) is 66.3 cm³/mol. The molecule has 5 heteroatoms. The first kappa shape index (κ1) is 13.0. The summed E-state index contributed by atoms with van der Waals surface area (Å²) in [6, 6.07) is 3.50. The van der Waals surface area contributed by atoms with Crippen molar-refractivity contribution in [3.63, 3.8) is 0 Å². The summed E-state index contributed by atoms with van der Waals surface area (Å²) < 4.78 is 26.6. The fraction of sp³-hybridized carbons (Fsp3) is 0.462.